The summed E-state index contributed by atoms with van der Waals surface area (Å²) in [7, 11) is 1.73. The van der Waals surface area contributed by atoms with Crippen LogP contribution in [0.1, 0.15) is 63.8 Å². The zero-order valence-corrected chi connectivity index (χ0v) is 16.7. The van der Waals surface area contributed by atoms with Gasteiger partial charge in [-0.3, -0.25) is 0 Å². The largest absolute Gasteiger partial charge is 0.508 e. The molecule has 0 atom stereocenters. The van der Waals surface area contributed by atoms with Gasteiger partial charge >= 0.3 is 0 Å². The first-order valence-corrected chi connectivity index (χ1v) is 9.02. The predicted molar refractivity (Wildman–Crippen MR) is 106 cm³/mol. The maximum atomic E-state index is 10.3. The summed E-state index contributed by atoms with van der Waals surface area (Å²) in [6, 6.07) is 12.6. The first-order chi connectivity index (χ1) is 11.5. The van der Waals surface area contributed by atoms with E-state index in [4.69, 9.17) is 4.74 Å². The molecule has 0 aliphatic heterocycles. The molecule has 0 aliphatic rings. The Morgan fingerprint density at radius 3 is 1.68 bits per heavy atom. The van der Waals surface area contributed by atoms with E-state index in [9.17, 15) is 5.11 Å². The molecule has 25 heavy (non-hydrogen) atoms. The molecule has 2 aromatic rings. The van der Waals surface area contributed by atoms with E-state index in [1.165, 1.54) is 11.1 Å². The fourth-order valence-electron chi connectivity index (χ4n) is 3.17. The van der Waals surface area contributed by atoms with Crippen LogP contribution < -0.4 is 4.74 Å². The number of hydrogen-bond donors (Lipinski definition) is 1. The van der Waals surface area contributed by atoms with Gasteiger partial charge < -0.3 is 9.84 Å². The maximum Gasteiger partial charge on any atom is 0.122 e. The Morgan fingerprint density at radius 1 is 0.760 bits per heavy atom. The summed E-state index contributed by atoms with van der Waals surface area (Å²) in [5, 5.41) is 10.3. The molecule has 0 spiro atoms. The quantitative estimate of drug-likeness (QED) is 0.764. The summed E-state index contributed by atoms with van der Waals surface area (Å²) < 4.78 is 5.60. The average molecular weight is 341 g/mol. The van der Waals surface area contributed by atoms with Crippen molar-refractivity contribution in [1.29, 1.82) is 0 Å². The molecule has 1 N–H and O–H groups in total. The van der Waals surface area contributed by atoms with Crippen molar-refractivity contribution < 1.29 is 9.84 Å². The van der Waals surface area contributed by atoms with Crippen LogP contribution in [0.3, 0.4) is 0 Å². The summed E-state index contributed by atoms with van der Waals surface area (Å²) in [4.78, 5) is 0. The molecule has 2 nitrogen and oxygen atoms in total. The van der Waals surface area contributed by atoms with E-state index in [-0.39, 0.29) is 10.8 Å². The Morgan fingerprint density at radius 2 is 1.24 bits per heavy atom. The highest BCUT2D eigenvalue weighted by atomic mass is 16.5. The van der Waals surface area contributed by atoms with Crippen molar-refractivity contribution >= 4 is 0 Å². The standard InChI is InChI=1S/C23H32O2/c1-22(2,3)18-12-10-16(14-20(18)24)8-9-17-11-13-19(23(4,5)6)21(15-17)25-7/h10-15,24H,8-9H2,1-7H3. The second-order valence-electron chi connectivity index (χ2n) is 8.89. The van der Waals surface area contributed by atoms with Crippen molar-refractivity contribution in [3.8, 4) is 11.5 Å². The van der Waals surface area contributed by atoms with Crippen LogP contribution in [0.2, 0.25) is 0 Å². The molecule has 0 aliphatic carbocycles. The fourth-order valence-corrected chi connectivity index (χ4v) is 3.17. The lowest BCUT2D eigenvalue weighted by Gasteiger charge is -2.22. The number of ether oxygens (including phenoxy) is 1. The lowest BCUT2D eigenvalue weighted by atomic mass is 9.85. The van der Waals surface area contributed by atoms with Gasteiger partial charge in [0, 0.05) is 0 Å². The van der Waals surface area contributed by atoms with Crippen LogP contribution >= 0.6 is 0 Å². The molecule has 0 heterocycles. The van der Waals surface area contributed by atoms with Gasteiger partial charge in [-0.15, -0.1) is 0 Å². The molecule has 0 amide bonds. The van der Waals surface area contributed by atoms with E-state index in [0.29, 0.717) is 5.75 Å². The van der Waals surface area contributed by atoms with Crippen molar-refractivity contribution in [1.82, 2.24) is 0 Å². The third-order valence-electron chi connectivity index (χ3n) is 4.65. The van der Waals surface area contributed by atoms with E-state index >= 15 is 0 Å². The van der Waals surface area contributed by atoms with Gasteiger partial charge in [0.05, 0.1) is 7.11 Å². The molecule has 0 saturated carbocycles. The van der Waals surface area contributed by atoms with Gasteiger partial charge in [-0.1, -0.05) is 65.8 Å². The zero-order valence-electron chi connectivity index (χ0n) is 16.7. The third-order valence-corrected chi connectivity index (χ3v) is 4.65. The van der Waals surface area contributed by atoms with Gasteiger partial charge in [-0.25, -0.2) is 0 Å². The predicted octanol–water partition coefficient (Wildman–Crippen LogP) is 5.78. The minimum atomic E-state index is -0.0429. The molecule has 0 fully saturated rings. The first-order valence-electron chi connectivity index (χ1n) is 9.02. The highest BCUT2D eigenvalue weighted by Gasteiger charge is 2.19. The number of aromatic hydroxyl groups is 1. The monoisotopic (exact) mass is 340 g/mol. The first kappa shape index (κ1) is 19.4. The number of hydrogen-bond acceptors (Lipinski definition) is 2. The number of benzene rings is 2. The van der Waals surface area contributed by atoms with Crippen molar-refractivity contribution in [2.75, 3.05) is 7.11 Å². The summed E-state index contributed by atoms with van der Waals surface area (Å²) in [6.07, 6.45) is 1.82. The van der Waals surface area contributed by atoms with E-state index in [1.54, 1.807) is 7.11 Å². The van der Waals surface area contributed by atoms with Crippen LogP contribution in [0.25, 0.3) is 0 Å². The summed E-state index contributed by atoms with van der Waals surface area (Å²) in [5.41, 5.74) is 4.66. The molecule has 0 radical (unpaired) electrons. The van der Waals surface area contributed by atoms with E-state index in [0.717, 1.165) is 29.7 Å². The number of aryl methyl sites for hydroxylation is 2. The molecule has 2 heteroatoms. The third kappa shape index (κ3) is 4.78. The molecular formula is C23H32O2. The highest BCUT2D eigenvalue weighted by Crippen LogP contribution is 2.33. The Labute approximate surface area is 152 Å². The van der Waals surface area contributed by atoms with Gasteiger partial charge in [0.1, 0.15) is 11.5 Å². The molecule has 0 bridgehead atoms. The topological polar surface area (TPSA) is 29.5 Å². The van der Waals surface area contributed by atoms with Crippen LogP contribution in [0.4, 0.5) is 0 Å². The summed E-state index contributed by atoms with van der Waals surface area (Å²) >= 11 is 0. The van der Waals surface area contributed by atoms with E-state index in [2.05, 4.69) is 65.8 Å². The van der Waals surface area contributed by atoms with Crippen molar-refractivity contribution in [3.05, 3.63) is 58.7 Å². The van der Waals surface area contributed by atoms with E-state index in [1.807, 2.05) is 12.1 Å². The van der Waals surface area contributed by atoms with Crippen molar-refractivity contribution in [2.45, 2.75) is 65.2 Å². The van der Waals surface area contributed by atoms with Gasteiger partial charge in [0.2, 0.25) is 0 Å². The van der Waals surface area contributed by atoms with Crippen molar-refractivity contribution in [2.24, 2.45) is 0 Å². The molecule has 2 rings (SSSR count). The molecule has 136 valence electrons. The minimum absolute atomic E-state index is 0.0429. The minimum Gasteiger partial charge on any atom is -0.508 e. The highest BCUT2D eigenvalue weighted by molar-refractivity contribution is 5.43. The summed E-state index contributed by atoms with van der Waals surface area (Å²) in [5.74, 6) is 1.35. The van der Waals surface area contributed by atoms with Crippen molar-refractivity contribution in [3.63, 3.8) is 0 Å². The molecule has 2 aromatic carbocycles. The lowest BCUT2D eigenvalue weighted by molar-refractivity contribution is 0.397. The average Bonchev–Trinajstić information content (AvgIpc) is 2.50. The normalized spacial score (nSPS) is 12.3. The van der Waals surface area contributed by atoms with Gasteiger partial charge in [-0.2, -0.15) is 0 Å². The molecule has 0 unspecified atom stereocenters. The number of methoxy groups -OCH3 is 1. The number of rotatable bonds is 4. The molecule has 0 saturated heterocycles. The Balaban J connectivity index is 2.15. The smallest absolute Gasteiger partial charge is 0.122 e. The lowest BCUT2D eigenvalue weighted by Crippen LogP contribution is -2.13. The fraction of sp³-hybridized carbons (Fsp3) is 0.478. The zero-order chi connectivity index (χ0) is 18.8. The second kappa shape index (κ2) is 7.11. The van der Waals surface area contributed by atoms with Crippen LogP contribution in [0.5, 0.6) is 11.5 Å². The Kier molecular flexibility index (Phi) is 5.51. The van der Waals surface area contributed by atoms with Gasteiger partial charge in [-0.05, 0) is 58.1 Å². The van der Waals surface area contributed by atoms with E-state index < -0.39 is 0 Å². The van der Waals surface area contributed by atoms with Crippen LogP contribution in [-0.2, 0) is 23.7 Å². The van der Waals surface area contributed by atoms with Gasteiger partial charge in [0.25, 0.3) is 0 Å². The van der Waals surface area contributed by atoms with Gasteiger partial charge in [0.15, 0.2) is 0 Å². The second-order valence-corrected chi connectivity index (χ2v) is 8.89. The Hall–Kier alpha value is -1.96. The Bertz CT molecular complexity index is 731. The molecular weight excluding hydrogens is 308 g/mol. The summed E-state index contributed by atoms with van der Waals surface area (Å²) in [6.45, 7) is 12.9. The van der Waals surface area contributed by atoms with Crippen LogP contribution in [0, 0.1) is 0 Å². The van der Waals surface area contributed by atoms with Crippen LogP contribution in [-0.4, -0.2) is 12.2 Å². The number of phenolic OH excluding ortho intramolecular Hbond substituents is 1. The van der Waals surface area contributed by atoms with Crippen LogP contribution in [0.15, 0.2) is 36.4 Å². The molecule has 0 aromatic heterocycles. The SMILES string of the molecule is COc1cc(CCc2ccc(C(C)(C)C)c(O)c2)ccc1C(C)(C)C. The maximum absolute atomic E-state index is 10.3. The number of phenols is 1.